The number of nitrogens with zero attached hydrogens (tertiary/aromatic N) is 3. The van der Waals surface area contributed by atoms with E-state index >= 15 is 0 Å². The largest absolute Gasteiger partial charge is 0.465 e. The van der Waals surface area contributed by atoms with E-state index in [-0.39, 0.29) is 0 Å². The summed E-state index contributed by atoms with van der Waals surface area (Å²) in [5.41, 5.74) is 0. The molecule has 1 atom stereocenters. The second-order valence-electron chi connectivity index (χ2n) is 5.23. The lowest BCUT2D eigenvalue weighted by molar-refractivity contribution is 0.190. The van der Waals surface area contributed by atoms with Crippen LogP contribution in [0.2, 0.25) is 0 Å². The molecule has 2 aromatic rings. The normalized spacial score (nSPS) is 20.4. The van der Waals surface area contributed by atoms with Crippen molar-refractivity contribution in [2.75, 3.05) is 24.6 Å². The zero-order chi connectivity index (χ0) is 13.8. The number of imidazole rings is 1. The third kappa shape index (κ3) is 3.27. The average Bonchev–Trinajstić information content (AvgIpc) is 3.11. The molecule has 0 aliphatic carbocycles. The molecule has 0 aromatic carbocycles. The van der Waals surface area contributed by atoms with Crippen LogP contribution in [0.5, 0.6) is 0 Å². The summed E-state index contributed by atoms with van der Waals surface area (Å²) in [6.07, 6.45) is 6.90. The summed E-state index contributed by atoms with van der Waals surface area (Å²) in [5, 5.41) is 0. The van der Waals surface area contributed by atoms with Crippen LogP contribution in [0.3, 0.4) is 0 Å². The molecule has 0 bridgehead atoms. The quantitative estimate of drug-likeness (QED) is 0.848. The highest BCUT2D eigenvalue weighted by Gasteiger charge is 2.26. The summed E-state index contributed by atoms with van der Waals surface area (Å²) >= 11 is 2.03. The lowest BCUT2D eigenvalue weighted by Gasteiger charge is -2.34. The van der Waals surface area contributed by atoms with Crippen LogP contribution in [0.15, 0.2) is 35.3 Å². The highest BCUT2D eigenvalue weighted by atomic mass is 32.2. The molecule has 5 heteroatoms. The van der Waals surface area contributed by atoms with E-state index in [1.165, 1.54) is 5.75 Å². The van der Waals surface area contributed by atoms with Gasteiger partial charge in [-0.1, -0.05) is 0 Å². The molecule has 0 radical (unpaired) electrons. The minimum absolute atomic E-state index is 0.435. The monoisotopic (exact) mass is 291 g/mol. The van der Waals surface area contributed by atoms with E-state index in [0.717, 1.165) is 43.3 Å². The summed E-state index contributed by atoms with van der Waals surface area (Å²) in [7, 11) is 0. The van der Waals surface area contributed by atoms with Crippen molar-refractivity contribution in [3.05, 3.63) is 42.4 Å². The van der Waals surface area contributed by atoms with E-state index < -0.39 is 0 Å². The summed E-state index contributed by atoms with van der Waals surface area (Å²) in [4.78, 5) is 6.65. The first-order chi connectivity index (χ1) is 9.83. The SMILES string of the molecule is Cc1ccc(C2CSCCN2CCCn2ccnc2)o1. The van der Waals surface area contributed by atoms with Gasteiger partial charge in [0.15, 0.2) is 0 Å². The number of rotatable bonds is 5. The first-order valence-electron chi connectivity index (χ1n) is 7.17. The van der Waals surface area contributed by atoms with Gasteiger partial charge in [0.25, 0.3) is 0 Å². The van der Waals surface area contributed by atoms with Crippen molar-refractivity contribution < 1.29 is 4.42 Å². The zero-order valence-electron chi connectivity index (χ0n) is 11.9. The Balaban J connectivity index is 1.58. The molecule has 0 amide bonds. The van der Waals surface area contributed by atoms with Gasteiger partial charge in [0.05, 0.1) is 12.4 Å². The number of aryl methyl sites for hydroxylation is 2. The van der Waals surface area contributed by atoms with Gasteiger partial charge in [-0.2, -0.15) is 11.8 Å². The van der Waals surface area contributed by atoms with Gasteiger partial charge in [0.1, 0.15) is 11.5 Å². The predicted molar refractivity (Wildman–Crippen MR) is 81.9 cm³/mol. The van der Waals surface area contributed by atoms with Crippen molar-refractivity contribution in [2.45, 2.75) is 25.9 Å². The van der Waals surface area contributed by atoms with Crippen LogP contribution >= 0.6 is 11.8 Å². The predicted octanol–water partition coefficient (Wildman–Crippen LogP) is 2.96. The number of furan rings is 1. The van der Waals surface area contributed by atoms with Crippen LogP contribution in [-0.2, 0) is 6.54 Å². The molecule has 1 fully saturated rings. The van der Waals surface area contributed by atoms with Crippen LogP contribution in [0, 0.1) is 6.92 Å². The van der Waals surface area contributed by atoms with Crippen LogP contribution in [0.25, 0.3) is 0 Å². The minimum Gasteiger partial charge on any atom is -0.465 e. The molecule has 4 nitrogen and oxygen atoms in total. The minimum atomic E-state index is 0.435. The fourth-order valence-corrected chi connectivity index (χ4v) is 3.80. The molecular formula is C15H21N3OS. The van der Waals surface area contributed by atoms with Crippen molar-refractivity contribution in [2.24, 2.45) is 0 Å². The van der Waals surface area contributed by atoms with Crippen LogP contribution in [0.4, 0.5) is 0 Å². The highest BCUT2D eigenvalue weighted by Crippen LogP contribution is 2.30. The van der Waals surface area contributed by atoms with E-state index in [2.05, 4.69) is 26.6 Å². The molecule has 1 saturated heterocycles. The summed E-state index contributed by atoms with van der Waals surface area (Å²) in [6, 6.07) is 4.64. The van der Waals surface area contributed by atoms with Crippen molar-refractivity contribution >= 4 is 11.8 Å². The maximum Gasteiger partial charge on any atom is 0.122 e. The van der Waals surface area contributed by atoms with Crippen LogP contribution < -0.4 is 0 Å². The maximum absolute atomic E-state index is 5.84. The molecule has 3 heterocycles. The Bertz CT molecular complexity index is 523. The first-order valence-corrected chi connectivity index (χ1v) is 8.32. The Labute approximate surface area is 124 Å². The van der Waals surface area contributed by atoms with Crippen LogP contribution in [-0.4, -0.2) is 39.0 Å². The van der Waals surface area contributed by atoms with E-state index in [1.807, 2.05) is 37.4 Å². The Morgan fingerprint density at radius 3 is 3.10 bits per heavy atom. The fraction of sp³-hybridized carbons (Fsp3) is 0.533. The van der Waals surface area contributed by atoms with Gasteiger partial charge in [-0.3, -0.25) is 4.90 Å². The number of hydrogen-bond acceptors (Lipinski definition) is 4. The summed E-state index contributed by atoms with van der Waals surface area (Å²) in [6.45, 7) is 5.32. The Morgan fingerprint density at radius 1 is 1.40 bits per heavy atom. The summed E-state index contributed by atoms with van der Waals surface area (Å²) < 4.78 is 7.98. The lowest BCUT2D eigenvalue weighted by Crippen LogP contribution is -2.37. The van der Waals surface area contributed by atoms with Crippen molar-refractivity contribution in [1.29, 1.82) is 0 Å². The lowest BCUT2D eigenvalue weighted by atomic mass is 10.2. The Hall–Kier alpha value is -1.20. The molecule has 20 heavy (non-hydrogen) atoms. The van der Waals surface area contributed by atoms with E-state index in [1.54, 1.807) is 0 Å². The fourth-order valence-electron chi connectivity index (χ4n) is 2.68. The second kappa shape index (κ2) is 6.50. The maximum atomic E-state index is 5.84. The zero-order valence-corrected chi connectivity index (χ0v) is 12.7. The van der Waals surface area contributed by atoms with Crippen LogP contribution in [0.1, 0.15) is 24.0 Å². The van der Waals surface area contributed by atoms with Crippen molar-refractivity contribution in [3.63, 3.8) is 0 Å². The molecule has 108 valence electrons. The van der Waals surface area contributed by atoms with Gasteiger partial charge in [-0.25, -0.2) is 4.98 Å². The average molecular weight is 291 g/mol. The van der Waals surface area contributed by atoms with Gasteiger partial charge >= 0.3 is 0 Å². The molecule has 0 spiro atoms. The van der Waals surface area contributed by atoms with Crippen molar-refractivity contribution in [3.8, 4) is 0 Å². The number of hydrogen-bond donors (Lipinski definition) is 0. The van der Waals surface area contributed by atoms with E-state index in [9.17, 15) is 0 Å². The van der Waals surface area contributed by atoms with Gasteiger partial charge in [0.2, 0.25) is 0 Å². The Morgan fingerprint density at radius 2 is 2.35 bits per heavy atom. The molecule has 1 unspecified atom stereocenters. The molecule has 3 rings (SSSR count). The van der Waals surface area contributed by atoms with E-state index in [0.29, 0.717) is 6.04 Å². The molecule has 1 aliphatic heterocycles. The highest BCUT2D eigenvalue weighted by molar-refractivity contribution is 7.99. The second-order valence-corrected chi connectivity index (χ2v) is 6.38. The molecule has 0 saturated carbocycles. The standard InChI is InChI=1S/C15H21N3OS/c1-13-3-4-15(19-13)14-11-20-10-9-18(14)7-2-6-17-8-5-16-12-17/h3-5,8,12,14H,2,6-7,9-11H2,1H3. The molecule has 2 aromatic heterocycles. The van der Waals surface area contributed by atoms with Gasteiger partial charge < -0.3 is 8.98 Å². The molecule has 0 N–H and O–H groups in total. The van der Waals surface area contributed by atoms with E-state index in [4.69, 9.17) is 4.42 Å². The van der Waals surface area contributed by atoms with Gasteiger partial charge in [-0.05, 0) is 25.5 Å². The molecular weight excluding hydrogens is 270 g/mol. The van der Waals surface area contributed by atoms with Gasteiger partial charge in [-0.15, -0.1) is 0 Å². The molecule has 1 aliphatic rings. The third-order valence-electron chi connectivity index (χ3n) is 3.75. The number of aromatic nitrogens is 2. The Kier molecular flexibility index (Phi) is 4.47. The number of thioether (sulfide) groups is 1. The topological polar surface area (TPSA) is 34.2 Å². The summed E-state index contributed by atoms with van der Waals surface area (Å²) in [5.74, 6) is 4.49. The van der Waals surface area contributed by atoms with Crippen molar-refractivity contribution in [1.82, 2.24) is 14.5 Å². The van der Waals surface area contributed by atoms with Gasteiger partial charge in [0, 0.05) is 43.5 Å². The smallest absolute Gasteiger partial charge is 0.122 e. The third-order valence-corrected chi connectivity index (χ3v) is 4.77. The first kappa shape index (κ1) is 13.8.